The van der Waals surface area contributed by atoms with Crippen molar-refractivity contribution in [3.8, 4) is 17.0 Å². The van der Waals surface area contributed by atoms with E-state index in [-0.39, 0.29) is 29.3 Å². The van der Waals surface area contributed by atoms with Gasteiger partial charge in [-0.05, 0) is 43.0 Å². The predicted octanol–water partition coefficient (Wildman–Crippen LogP) is 3.37. The molecule has 2 aromatic carbocycles. The van der Waals surface area contributed by atoms with Crippen molar-refractivity contribution < 1.29 is 23.1 Å². The maximum atomic E-state index is 14.4. The number of nitrogens with one attached hydrogen (secondary N) is 1. The lowest BCUT2D eigenvalue weighted by Gasteiger charge is -2.22. The van der Waals surface area contributed by atoms with Crippen LogP contribution in [0.3, 0.4) is 0 Å². The van der Waals surface area contributed by atoms with Crippen molar-refractivity contribution in [2.45, 2.75) is 45.7 Å². The first kappa shape index (κ1) is 29.1. The fourth-order valence-corrected chi connectivity index (χ4v) is 4.28. The van der Waals surface area contributed by atoms with Gasteiger partial charge in [-0.15, -0.1) is 10.2 Å². The summed E-state index contributed by atoms with van der Waals surface area (Å²) >= 11 is 0. The number of nitrogens with two attached hydrogens (primary N) is 1. The van der Waals surface area contributed by atoms with Crippen LogP contribution in [0.5, 0.6) is 5.75 Å². The molecule has 0 saturated heterocycles. The number of hydrogen-bond acceptors (Lipinski definition) is 9. The maximum absolute atomic E-state index is 14.4. The van der Waals surface area contributed by atoms with E-state index in [1.54, 1.807) is 58.0 Å². The van der Waals surface area contributed by atoms with Crippen LogP contribution in [0, 0.1) is 11.7 Å². The lowest BCUT2D eigenvalue weighted by Crippen LogP contribution is -2.46. The molecule has 0 aliphatic carbocycles. The molecular weight excluding hydrogens is 531 g/mol. The topological polar surface area (TPSA) is 155 Å². The number of halogens is 1. The number of ketones is 1. The summed E-state index contributed by atoms with van der Waals surface area (Å²) in [6.07, 6.45) is 1.42. The van der Waals surface area contributed by atoms with E-state index in [0.717, 1.165) is 0 Å². The van der Waals surface area contributed by atoms with Crippen molar-refractivity contribution in [2.75, 3.05) is 12.8 Å². The van der Waals surface area contributed by atoms with Gasteiger partial charge in [-0.25, -0.2) is 9.37 Å². The number of anilines is 1. The van der Waals surface area contributed by atoms with Crippen LogP contribution in [0.2, 0.25) is 0 Å². The third-order valence-corrected chi connectivity index (χ3v) is 6.76. The fourth-order valence-electron chi connectivity index (χ4n) is 4.28. The summed E-state index contributed by atoms with van der Waals surface area (Å²) < 4.78 is 26.3. The first-order chi connectivity index (χ1) is 19.4. The molecule has 3 N–H and O–H groups in total. The van der Waals surface area contributed by atoms with Gasteiger partial charge in [0, 0.05) is 0 Å². The Morgan fingerprint density at radius 1 is 1.15 bits per heavy atom. The van der Waals surface area contributed by atoms with Gasteiger partial charge in [0.1, 0.15) is 6.54 Å². The van der Waals surface area contributed by atoms with Crippen molar-refractivity contribution in [2.24, 2.45) is 5.92 Å². The van der Waals surface area contributed by atoms with Gasteiger partial charge < -0.3 is 20.2 Å². The minimum atomic E-state index is -1.03. The quantitative estimate of drug-likeness (QED) is 0.277. The molecule has 1 amide bonds. The van der Waals surface area contributed by atoms with E-state index in [4.69, 9.17) is 14.9 Å². The van der Waals surface area contributed by atoms with Gasteiger partial charge in [-0.3, -0.25) is 19.0 Å². The van der Waals surface area contributed by atoms with E-state index in [1.807, 2.05) is 6.07 Å². The number of ether oxygens (including phenoxy) is 1. The molecule has 0 unspecified atom stereocenters. The minimum absolute atomic E-state index is 0.0885. The van der Waals surface area contributed by atoms with E-state index < -0.39 is 41.1 Å². The highest BCUT2D eigenvalue weighted by molar-refractivity contribution is 5.98. The normalized spacial score (nSPS) is 12.3. The monoisotopic (exact) mass is 562 g/mol. The Bertz CT molecular complexity index is 1630. The number of aromatic nitrogens is 4. The van der Waals surface area contributed by atoms with Crippen LogP contribution in [0.4, 0.5) is 10.2 Å². The van der Waals surface area contributed by atoms with E-state index in [9.17, 15) is 18.8 Å². The first-order valence-electron chi connectivity index (χ1n) is 12.9. The minimum Gasteiger partial charge on any atom is -0.494 e. The van der Waals surface area contributed by atoms with E-state index >= 15 is 0 Å². The van der Waals surface area contributed by atoms with Crippen molar-refractivity contribution in [3.63, 3.8) is 0 Å². The number of nitrogens with zero attached hydrogens (tertiary/aromatic N) is 4. The van der Waals surface area contributed by atoms with Crippen LogP contribution in [0.15, 0.2) is 63.9 Å². The molecule has 4 aromatic rings. The zero-order valence-electron chi connectivity index (χ0n) is 23.3. The number of rotatable bonds is 10. The van der Waals surface area contributed by atoms with E-state index in [2.05, 4.69) is 20.5 Å². The summed E-state index contributed by atoms with van der Waals surface area (Å²) in [5.41, 5.74) is 5.75. The van der Waals surface area contributed by atoms with Gasteiger partial charge in [0.15, 0.2) is 17.4 Å². The molecule has 0 aliphatic rings. The highest BCUT2D eigenvalue weighted by atomic mass is 19.1. The lowest BCUT2D eigenvalue weighted by molar-refractivity contribution is -0.122. The molecule has 0 fully saturated rings. The van der Waals surface area contributed by atoms with E-state index in [0.29, 0.717) is 16.8 Å². The number of benzene rings is 2. The molecule has 0 saturated carbocycles. The summed E-state index contributed by atoms with van der Waals surface area (Å²) in [5.74, 6) is -2.51. The average Bonchev–Trinajstić information content (AvgIpc) is 3.46. The molecule has 12 heteroatoms. The van der Waals surface area contributed by atoms with Crippen molar-refractivity contribution in [3.05, 3.63) is 88.2 Å². The SMILES string of the molecule is COc1ccc(C(C)(C)c2nnc(C(=O)[C@H](NC(=O)Cn3c(-c4ccccc4)cnc(N)c3=O)C(C)C)o2)cc1F. The number of carbonyl (C=O) groups is 2. The van der Waals surface area contributed by atoms with Crippen molar-refractivity contribution in [1.29, 1.82) is 0 Å². The molecule has 0 bridgehead atoms. The summed E-state index contributed by atoms with van der Waals surface area (Å²) in [6.45, 7) is 6.59. The third kappa shape index (κ3) is 6.01. The maximum Gasteiger partial charge on any atom is 0.294 e. The number of Topliss-reactive ketones (excluding diaryl/α,β-unsaturated/α-hetero) is 1. The molecule has 41 heavy (non-hydrogen) atoms. The second-order valence-electron chi connectivity index (χ2n) is 10.3. The molecule has 4 rings (SSSR count). The van der Waals surface area contributed by atoms with Crippen LogP contribution in [0.25, 0.3) is 11.3 Å². The number of nitrogen functional groups attached to an aromatic ring is 1. The Morgan fingerprint density at radius 2 is 1.85 bits per heavy atom. The zero-order chi connectivity index (χ0) is 29.9. The van der Waals surface area contributed by atoms with Crippen LogP contribution in [-0.2, 0) is 16.8 Å². The van der Waals surface area contributed by atoms with Gasteiger partial charge in [0.05, 0.1) is 30.5 Å². The zero-order valence-corrected chi connectivity index (χ0v) is 23.3. The lowest BCUT2D eigenvalue weighted by atomic mass is 9.84. The predicted molar refractivity (Wildman–Crippen MR) is 149 cm³/mol. The largest absolute Gasteiger partial charge is 0.494 e. The Kier molecular flexibility index (Phi) is 8.31. The van der Waals surface area contributed by atoms with Gasteiger partial charge in [0.2, 0.25) is 17.6 Å². The molecule has 0 spiro atoms. The Labute approximate surface area is 235 Å². The fraction of sp³-hybridized carbons (Fsp3) is 0.310. The number of methoxy groups -OCH3 is 1. The van der Waals surface area contributed by atoms with E-state index in [1.165, 1.54) is 30.0 Å². The van der Waals surface area contributed by atoms with Gasteiger partial charge in [0.25, 0.3) is 11.4 Å². The molecule has 11 nitrogen and oxygen atoms in total. The highest BCUT2D eigenvalue weighted by Crippen LogP contribution is 2.33. The summed E-state index contributed by atoms with van der Waals surface area (Å²) in [6, 6.07) is 12.4. The van der Waals surface area contributed by atoms with Crippen LogP contribution >= 0.6 is 0 Å². The smallest absolute Gasteiger partial charge is 0.294 e. The molecule has 0 radical (unpaired) electrons. The van der Waals surface area contributed by atoms with Gasteiger partial charge in [-0.2, -0.15) is 0 Å². The molecule has 2 aromatic heterocycles. The third-order valence-electron chi connectivity index (χ3n) is 6.76. The number of amides is 1. The number of carbonyl (C=O) groups excluding carboxylic acids is 2. The van der Waals surface area contributed by atoms with Crippen molar-refractivity contribution in [1.82, 2.24) is 25.1 Å². The second kappa shape index (κ2) is 11.7. The Hall–Kier alpha value is -4.87. The molecule has 2 heterocycles. The first-order valence-corrected chi connectivity index (χ1v) is 12.9. The van der Waals surface area contributed by atoms with Crippen LogP contribution < -0.4 is 21.3 Å². The highest BCUT2D eigenvalue weighted by Gasteiger charge is 2.34. The van der Waals surface area contributed by atoms with Crippen LogP contribution in [-0.4, -0.2) is 44.6 Å². The van der Waals surface area contributed by atoms with Gasteiger partial charge in [-0.1, -0.05) is 50.2 Å². The molecular formula is C29H31FN6O5. The molecule has 1 atom stereocenters. The summed E-state index contributed by atoms with van der Waals surface area (Å²) in [5, 5.41) is 10.7. The Balaban J connectivity index is 1.56. The van der Waals surface area contributed by atoms with Gasteiger partial charge >= 0.3 is 0 Å². The molecule has 0 aliphatic heterocycles. The van der Waals surface area contributed by atoms with Crippen molar-refractivity contribution >= 4 is 17.5 Å². The number of hydrogen-bond donors (Lipinski definition) is 2. The standard InChI is InChI=1S/C29H31FN6O5/c1-16(2)23(33-22(37)15-36-20(14-32-25(31)27(36)39)17-9-7-6-8-10-17)24(38)26-34-35-28(41-26)29(3,4)18-11-12-21(40-5)19(30)13-18/h6-14,16,23H,15H2,1-5H3,(H2,31,32)(H,33,37)/t23-/m1/s1. The summed E-state index contributed by atoms with van der Waals surface area (Å²) in [4.78, 5) is 43.3. The van der Waals surface area contributed by atoms with Crippen LogP contribution in [0.1, 0.15) is 49.8 Å². The second-order valence-corrected chi connectivity index (χ2v) is 10.3. The average molecular weight is 563 g/mol. The molecule has 214 valence electrons. The Morgan fingerprint density at radius 3 is 2.49 bits per heavy atom. The summed E-state index contributed by atoms with van der Waals surface area (Å²) in [7, 11) is 1.37.